The molecule has 17 heavy (non-hydrogen) atoms. The summed E-state index contributed by atoms with van der Waals surface area (Å²) in [5.74, 6) is 1.18. The number of nitrogens with zero attached hydrogens (tertiary/aromatic N) is 1. The molecule has 0 unspecified atom stereocenters. The molecule has 1 aromatic carbocycles. The van der Waals surface area contributed by atoms with Crippen LogP contribution in [0.25, 0.3) is 0 Å². The number of aromatic nitrogens is 1. The highest BCUT2D eigenvalue weighted by Crippen LogP contribution is 2.28. The van der Waals surface area contributed by atoms with Crippen LogP contribution in [0.15, 0.2) is 34.8 Å². The van der Waals surface area contributed by atoms with Crippen molar-refractivity contribution >= 4 is 21.6 Å². The van der Waals surface area contributed by atoms with Gasteiger partial charge in [-0.05, 0) is 53.5 Å². The third-order valence-corrected chi connectivity index (χ3v) is 3.22. The van der Waals surface area contributed by atoms with E-state index in [4.69, 9.17) is 10.5 Å². The standard InChI is InChI=1S/C13H13BrN2O/c1-8-3-5-11(15)12(7-8)17-13-6-4-10(14)9(2)16-13/h3-7H,15H2,1-2H3. The summed E-state index contributed by atoms with van der Waals surface area (Å²) in [6.45, 7) is 3.91. The van der Waals surface area contributed by atoms with Gasteiger partial charge in [0.1, 0.15) is 0 Å². The van der Waals surface area contributed by atoms with Crippen LogP contribution in [0.1, 0.15) is 11.3 Å². The lowest BCUT2D eigenvalue weighted by molar-refractivity contribution is 0.463. The first-order chi connectivity index (χ1) is 8.06. The van der Waals surface area contributed by atoms with Gasteiger partial charge in [0.2, 0.25) is 5.88 Å². The summed E-state index contributed by atoms with van der Waals surface area (Å²) < 4.78 is 6.63. The Balaban J connectivity index is 2.31. The number of halogens is 1. The predicted molar refractivity (Wildman–Crippen MR) is 72.3 cm³/mol. The van der Waals surface area contributed by atoms with Crippen LogP contribution >= 0.6 is 15.9 Å². The molecule has 3 nitrogen and oxygen atoms in total. The first-order valence-corrected chi connectivity index (χ1v) is 6.02. The maximum atomic E-state index is 5.84. The van der Waals surface area contributed by atoms with E-state index in [1.165, 1.54) is 0 Å². The van der Waals surface area contributed by atoms with E-state index in [1.54, 1.807) is 6.07 Å². The van der Waals surface area contributed by atoms with E-state index in [0.717, 1.165) is 15.7 Å². The SMILES string of the molecule is Cc1ccc(N)c(Oc2ccc(Br)c(C)n2)c1. The van der Waals surface area contributed by atoms with Gasteiger partial charge in [-0.3, -0.25) is 0 Å². The molecule has 0 atom stereocenters. The fourth-order valence-corrected chi connectivity index (χ4v) is 1.64. The number of pyridine rings is 1. The molecule has 0 amide bonds. The molecule has 88 valence electrons. The minimum atomic E-state index is 0.544. The maximum absolute atomic E-state index is 5.84. The third kappa shape index (κ3) is 2.77. The second kappa shape index (κ2) is 4.75. The molecule has 0 spiro atoms. The topological polar surface area (TPSA) is 48.1 Å². The van der Waals surface area contributed by atoms with Crippen molar-refractivity contribution in [3.8, 4) is 11.6 Å². The zero-order chi connectivity index (χ0) is 12.4. The van der Waals surface area contributed by atoms with Crippen molar-refractivity contribution in [2.75, 3.05) is 5.73 Å². The van der Waals surface area contributed by atoms with Crippen molar-refractivity contribution in [2.45, 2.75) is 13.8 Å². The van der Waals surface area contributed by atoms with E-state index in [2.05, 4.69) is 20.9 Å². The number of benzene rings is 1. The van der Waals surface area contributed by atoms with Crippen LogP contribution < -0.4 is 10.5 Å². The highest BCUT2D eigenvalue weighted by Gasteiger charge is 2.05. The highest BCUT2D eigenvalue weighted by atomic mass is 79.9. The minimum Gasteiger partial charge on any atom is -0.437 e. The van der Waals surface area contributed by atoms with E-state index < -0.39 is 0 Å². The lowest BCUT2D eigenvalue weighted by atomic mass is 10.2. The lowest BCUT2D eigenvalue weighted by Gasteiger charge is -2.09. The molecule has 1 aromatic heterocycles. The Labute approximate surface area is 109 Å². The van der Waals surface area contributed by atoms with Gasteiger partial charge in [0.15, 0.2) is 5.75 Å². The van der Waals surface area contributed by atoms with Crippen molar-refractivity contribution < 1.29 is 4.74 Å². The summed E-state index contributed by atoms with van der Waals surface area (Å²) in [5, 5.41) is 0. The molecule has 0 aliphatic heterocycles. The molecule has 4 heteroatoms. The summed E-state index contributed by atoms with van der Waals surface area (Å²) in [6.07, 6.45) is 0. The number of nitrogen functional groups attached to an aromatic ring is 1. The largest absolute Gasteiger partial charge is 0.437 e. The third-order valence-electron chi connectivity index (χ3n) is 2.38. The van der Waals surface area contributed by atoms with Crippen molar-refractivity contribution in [3.63, 3.8) is 0 Å². The van der Waals surface area contributed by atoms with Crippen LogP contribution in [-0.4, -0.2) is 4.98 Å². The van der Waals surface area contributed by atoms with E-state index in [0.29, 0.717) is 17.3 Å². The molecular formula is C13H13BrN2O. The average Bonchev–Trinajstić information content (AvgIpc) is 2.29. The second-order valence-corrected chi connectivity index (χ2v) is 4.71. The molecule has 0 saturated carbocycles. The van der Waals surface area contributed by atoms with E-state index in [-0.39, 0.29) is 0 Å². The number of ether oxygens (including phenoxy) is 1. The minimum absolute atomic E-state index is 0.544. The van der Waals surface area contributed by atoms with Gasteiger partial charge in [0.25, 0.3) is 0 Å². The summed E-state index contributed by atoms with van der Waals surface area (Å²) in [5.41, 5.74) is 8.44. The summed E-state index contributed by atoms with van der Waals surface area (Å²) in [4.78, 5) is 4.31. The molecule has 0 aliphatic carbocycles. The summed E-state index contributed by atoms with van der Waals surface area (Å²) >= 11 is 3.40. The van der Waals surface area contributed by atoms with Gasteiger partial charge in [-0.15, -0.1) is 0 Å². The van der Waals surface area contributed by atoms with Crippen LogP contribution in [0.2, 0.25) is 0 Å². The van der Waals surface area contributed by atoms with Gasteiger partial charge in [0, 0.05) is 10.5 Å². The van der Waals surface area contributed by atoms with Gasteiger partial charge in [-0.1, -0.05) is 6.07 Å². The maximum Gasteiger partial charge on any atom is 0.219 e. The molecular weight excluding hydrogens is 280 g/mol. The number of rotatable bonds is 2. The molecule has 1 heterocycles. The van der Waals surface area contributed by atoms with Crippen LogP contribution in [0, 0.1) is 13.8 Å². The zero-order valence-corrected chi connectivity index (χ0v) is 11.3. The number of nitrogens with two attached hydrogens (primary N) is 1. The Morgan fingerprint density at radius 2 is 1.94 bits per heavy atom. The zero-order valence-electron chi connectivity index (χ0n) is 9.70. The fraction of sp³-hybridized carbons (Fsp3) is 0.154. The summed E-state index contributed by atoms with van der Waals surface area (Å²) in [6, 6.07) is 9.38. The second-order valence-electron chi connectivity index (χ2n) is 3.86. The van der Waals surface area contributed by atoms with Crippen molar-refractivity contribution in [3.05, 3.63) is 46.1 Å². The first kappa shape index (κ1) is 11.9. The Kier molecular flexibility index (Phi) is 3.33. The summed E-state index contributed by atoms with van der Waals surface area (Å²) in [7, 11) is 0. The predicted octanol–water partition coefficient (Wildman–Crippen LogP) is 3.84. The number of hydrogen-bond acceptors (Lipinski definition) is 3. The molecule has 0 aliphatic rings. The van der Waals surface area contributed by atoms with Crippen LogP contribution in [0.4, 0.5) is 5.69 Å². The Bertz CT molecular complexity index is 555. The lowest BCUT2D eigenvalue weighted by Crippen LogP contribution is -1.95. The Hall–Kier alpha value is -1.55. The molecule has 0 fully saturated rings. The first-order valence-electron chi connectivity index (χ1n) is 5.23. The van der Waals surface area contributed by atoms with Crippen molar-refractivity contribution in [1.29, 1.82) is 0 Å². The van der Waals surface area contributed by atoms with Gasteiger partial charge in [-0.25, -0.2) is 4.98 Å². The molecule has 0 bridgehead atoms. The van der Waals surface area contributed by atoms with Crippen LogP contribution in [-0.2, 0) is 0 Å². The Morgan fingerprint density at radius 3 is 2.65 bits per heavy atom. The monoisotopic (exact) mass is 292 g/mol. The molecule has 2 rings (SSSR count). The number of aryl methyl sites for hydroxylation is 2. The smallest absolute Gasteiger partial charge is 0.219 e. The molecule has 2 aromatic rings. The van der Waals surface area contributed by atoms with Crippen molar-refractivity contribution in [2.24, 2.45) is 0 Å². The molecule has 2 N–H and O–H groups in total. The van der Waals surface area contributed by atoms with Gasteiger partial charge in [0.05, 0.1) is 11.4 Å². The quantitative estimate of drug-likeness (QED) is 0.856. The van der Waals surface area contributed by atoms with Crippen LogP contribution in [0.3, 0.4) is 0 Å². The van der Waals surface area contributed by atoms with Gasteiger partial charge >= 0.3 is 0 Å². The fourth-order valence-electron chi connectivity index (χ4n) is 1.42. The van der Waals surface area contributed by atoms with E-state index in [1.807, 2.05) is 38.1 Å². The van der Waals surface area contributed by atoms with Crippen LogP contribution in [0.5, 0.6) is 11.6 Å². The Morgan fingerprint density at radius 1 is 1.18 bits per heavy atom. The molecule has 0 radical (unpaired) electrons. The number of anilines is 1. The normalized spacial score (nSPS) is 10.3. The highest BCUT2D eigenvalue weighted by molar-refractivity contribution is 9.10. The van der Waals surface area contributed by atoms with Gasteiger partial charge in [-0.2, -0.15) is 0 Å². The van der Waals surface area contributed by atoms with E-state index >= 15 is 0 Å². The van der Waals surface area contributed by atoms with Gasteiger partial charge < -0.3 is 10.5 Å². The van der Waals surface area contributed by atoms with Crippen molar-refractivity contribution in [1.82, 2.24) is 4.98 Å². The van der Waals surface area contributed by atoms with E-state index in [9.17, 15) is 0 Å². The molecule has 0 saturated heterocycles. The average molecular weight is 293 g/mol. The number of hydrogen-bond donors (Lipinski definition) is 1.